The second kappa shape index (κ2) is 9.61. The van der Waals surface area contributed by atoms with Gasteiger partial charge in [-0.25, -0.2) is 9.18 Å². The van der Waals surface area contributed by atoms with Crippen molar-refractivity contribution < 1.29 is 31.9 Å². The number of unbranched alkanes of at least 4 members (excludes halogenated alkanes) is 2. The van der Waals surface area contributed by atoms with E-state index in [0.717, 1.165) is 31.0 Å². The molecule has 1 unspecified atom stereocenters. The molecule has 2 aliphatic rings. The van der Waals surface area contributed by atoms with Gasteiger partial charge in [0, 0.05) is 23.1 Å². The molecule has 4 rings (SSSR count). The number of halogens is 4. The number of alkyl halides is 3. The molecule has 2 aromatic carbocycles. The van der Waals surface area contributed by atoms with Crippen LogP contribution in [0.4, 0.5) is 23.2 Å². The highest BCUT2D eigenvalue weighted by Crippen LogP contribution is 2.56. The fourth-order valence-electron chi connectivity index (χ4n) is 4.66. The number of rotatable bonds is 7. The zero-order valence-corrected chi connectivity index (χ0v) is 20.2. The quantitative estimate of drug-likeness (QED) is 0.197. The Morgan fingerprint density at radius 1 is 1.17 bits per heavy atom. The molecular formula is C28H27F4NO3. The average Bonchev–Trinajstić information content (AvgIpc) is 3.50. The number of carbonyl (C=O) groups excluding carboxylic acids is 2. The predicted octanol–water partition coefficient (Wildman–Crippen LogP) is 6.78. The summed E-state index contributed by atoms with van der Waals surface area (Å²) in [4.78, 5) is 25.2. The van der Waals surface area contributed by atoms with Crippen LogP contribution in [0.3, 0.4) is 0 Å². The standard InChI is InChI=1S/C28H27F4NO3/c1-3-4-5-6-11-26(2,25(35)33-20-8-9-21-18(14-20)16-36-24(21)34)17-27(12-13-27)22-15-19(28(30,31)32)7-10-23(22)29/h7-10,14-15H,3-5,12-13,16-17H2,1-2H3,(H,33,35). The van der Waals surface area contributed by atoms with E-state index in [1.54, 1.807) is 25.1 Å². The molecule has 1 saturated carbocycles. The van der Waals surface area contributed by atoms with Gasteiger partial charge in [0.15, 0.2) is 0 Å². The number of fused-ring (bicyclic) bond motifs is 1. The number of nitrogens with one attached hydrogen (secondary N) is 1. The Hall–Kier alpha value is -3.34. The van der Waals surface area contributed by atoms with E-state index in [4.69, 9.17) is 4.74 Å². The summed E-state index contributed by atoms with van der Waals surface area (Å²) >= 11 is 0. The van der Waals surface area contributed by atoms with Crippen LogP contribution in [-0.2, 0) is 27.7 Å². The smallest absolute Gasteiger partial charge is 0.416 e. The molecule has 0 radical (unpaired) electrons. The van der Waals surface area contributed by atoms with Crippen LogP contribution >= 0.6 is 0 Å². The number of cyclic esters (lactones) is 1. The van der Waals surface area contributed by atoms with Crippen LogP contribution in [0.25, 0.3) is 0 Å². The molecule has 1 aliphatic heterocycles. The Morgan fingerprint density at radius 3 is 2.58 bits per heavy atom. The number of ether oxygens (including phenoxy) is 1. The minimum atomic E-state index is -4.60. The van der Waals surface area contributed by atoms with Gasteiger partial charge in [-0.2, -0.15) is 13.2 Å². The highest BCUT2D eigenvalue weighted by atomic mass is 19.4. The van der Waals surface area contributed by atoms with E-state index in [1.807, 2.05) is 6.92 Å². The molecular weight excluding hydrogens is 474 g/mol. The number of anilines is 1. The van der Waals surface area contributed by atoms with E-state index in [2.05, 4.69) is 17.2 Å². The Bertz CT molecular complexity index is 1250. The molecule has 1 heterocycles. The molecule has 0 spiro atoms. The molecule has 8 heteroatoms. The Kier molecular flexibility index (Phi) is 6.87. The molecule has 1 atom stereocenters. The van der Waals surface area contributed by atoms with Gasteiger partial charge in [-0.05, 0) is 74.6 Å². The first-order valence-corrected chi connectivity index (χ1v) is 12.0. The molecule has 0 bridgehead atoms. The van der Waals surface area contributed by atoms with Crippen molar-refractivity contribution in [3.63, 3.8) is 0 Å². The van der Waals surface area contributed by atoms with Crippen LogP contribution in [0.2, 0.25) is 0 Å². The van der Waals surface area contributed by atoms with Crippen LogP contribution in [0.15, 0.2) is 36.4 Å². The average molecular weight is 502 g/mol. The Morgan fingerprint density at radius 2 is 1.92 bits per heavy atom. The summed E-state index contributed by atoms with van der Waals surface area (Å²) in [5, 5.41) is 2.84. The molecule has 1 aliphatic carbocycles. The van der Waals surface area contributed by atoms with Crippen LogP contribution in [0.5, 0.6) is 0 Å². The predicted molar refractivity (Wildman–Crippen MR) is 127 cm³/mol. The minimum absolute atomic E-state index is 0.0279. The number of amides is 1. The number of carbonyl (C=O) groups is 2. The number of hydrogen-bond donors (Lipinski definition) is 1. The van der Waals surface area contributed by atoms with Crippen molar-refractivity contribution in [1.82, 2.24) is 0 Å². The van der Waals surface area contributed by atoms with Crippen LogP contribution < -0.4 is 5.32 Å². The molecule has 0 aromatic heterocycles. The van der Waals surface area contributed by atoms with Crippen molar-refractivity contribution in [2.45, 2.75) is 70.6 Å². The van der Waals surface area contributed by atoms with E-state index in [1.165, 1.54) is 0 Å². The van der Waals surface area contributed by atoms with Gasteiger partial charge in [0.25, 0.3) is 0 Å². The first kappa shape index (κ1) is 25.7. The van der Waals surface area contributed by atoms with E-state index in [0.29, 0.717) is 36.1 Å². The lowest BCUT2D eigenvalue weighted by atomic mass is 9.75. The van der Waals surface area contributed by atoms with Gasteiger partial charge < -0.3 is 10.1 Å². The van der Waals surface area contributed by atoms with Gasteiger partial charge in [-0.1, -0.05) is 19.3 Å². The Labute approximate surface area is 207 Å². The molecule has 1 fully saturated rings. The van der Waals surface area contributed by atoms with Crippen molar-refractivity contribution in [3.8, 4) is 11.8 Å². The van der Waals surface area contributed by atoms with Gasteiger partial charge in [-0.15, -0.1) is 5.92 Å². The van der Waals surface area contributed by atoms with Crippen molar-refractivity contribution in [1.29, 1.82) is 0 Å². The summed E-state index contributed by atoms with van der Waals surface area (Å²) in [6.07, 6.45) is -1.26. The third-order valence-electron chi connectivity index (χ3n) is 6.87. The molecule has 4 nitrogen and oxygen atoms in total. The fraction of sp³-hybridized carbons (Fsp3) is 0.429. The third-order valence-corrected chi connectivity index (χ3v) is 6.87. The van der Waals surface area contributed by atoms with Gasteiger partial charge in [-0.3, -0.25) is 4.79 Å². The van der Waals surface area contributed by atoms with Crippen molar-refractivity contribution in [2.24, 2.45) is 5.41 Å². The monoisotopic (exact) mass is 501 g/mol. The van der Waals surface area contributed by atoms with Crippen LogP contribution in [-0.4, -0.2) is 11.9 Å². The molecule has 2 aromatic rings. The third kappa shape index (κ3) is 5.25. The summed E-state index contributed by atoms with van der Waals surface area (Å²) in [5.74, 6) is 4.52. The summed E-state index contributed by atoms with van der Waals surface area (Å²) < 4.78 is 59.8. The zero-order valence-electron chi connectivity index (χ0n) is 20.2. The van der Waals surface area contributed by atoms with Gasteiger partial charge >= 0.3 is 12.1 Å². The lowest BCUT2D eigenvalue weighted by Crippen LogP contribution is -2.36. The van der Waals surface area contributed by atoms with E-state index >= 15 is 0 Å². The van der Waals surface area contributed by atoms with E-state index in [-0.39, 0.29) is 18.6 Å². The van der Waals surface area contributed by atoms with Crippen molar-refractivity contribution >= 4 is 17.6 Å². The van der Waals surface area contributed by atoms with Crippen molar-refractivity contribution in [3.05, 3.63) is 64.5 Å². The summed E-state index contributed by atoms with van der Waals surface area (Å²) in [6.45, 7) is 3.78. The second-order valence-corrected chi connectivity index (χ2v) is 9.79. The van der Waals surface area contributed by atoms with Gasteiger partial charge in [0.1, 0.15) is 17.8 Å². The minimum Gasteiger partial charge on any atom is -0.457 e. The zero-order chi connectivity index (χ0) is 26.1. The number of hydrogen-bond acceptors (Lipinski definition) is 3. The van der Waals surface area contributed by atoms with Crippen LogP contribution in [0, 0.1) is 23.1 Å². The molecule has 1 amide bonds. The summed E-state index contributed by atoms with van der Waals surface area (Å²) in [7, 11) is 0. The van der Waals surface area contributed by atoms with Crippen LogP contribution in [0.1, 0.15) is 79.4 Å². The maximum atomic E-state index is 14.8. The van der Waals surface area contributed by atoms with Gasteiger partial charge in [0.2, 0.25) is 5.91 Å². The maximum Gasteiger partial charge on any atom is 0.416 e. The lowest BCUT2D eigenvalue weighted by molar-refractivity contribution is -0.137. The van der Waals surface area contributed by atoms with Gasteiger partial charge in [0.05, 0.1) is 11.1 Å². The normalized spacial score (nSPS) is 17.3. The molecule has 190 valence electrons. The number of esters is 1. The highest BCUT2D eigenvalue weighted by Gasteiger charge is 2.52. The highest BCUT2D eigenvalue weighted by molar-refractivity contribution is 5.99. The molecule has 1 N–H and O–H groups in total. The summed E-state index contributed by atoms with van der Waals surface area (Å²) in [5.41, 5.74) is -1.59. The van der Waals surface area contributed by atoms with E-state index < -0.39 is 40.3 Å². The largest absolute Gasteiger partial charge is 0.457 e. The topological polar surface area (TPSA) is 55.4 Å². The molecule has 0 saturated heterocycles. The first-order chi connectivity index (χ1) is 17.0. The van der Waals surface area contributed by atoms with Crippen molar-refractivity contribution in [2.75, 3.05) is 5.32 Å². The molecule has 36 heavy (non-hydrogen) atoms. The van der Waals surface area contributed by atoms with E-state index in [9.17, 15) is 27.2 Å². The second-order valence-electron chi connectivity index (χ2n) is 9.79. The lowest BCUT2D eigenvalue weighted by Gasteiger charge is -2.29. The fourth-order valence-corrected chi connectivity index (χ4v) is 4.66. The maximum absolute atomic E-state index is 14.8. The Balaban J connectivity index is 1.64. The summed E-state index contributed by atoms with van der Waals surface area (Å²) in [6, 6.07) is 7.26. The SMILES string of the molecule is CCCCC#CC(C)(CC1(c2cc(C(F)(F)F)ccc2F)CC1)C(=O)Nc1ccc2c(c1)COC2=O. The first-order valence-electron chi connectivity index (χ1n) is 12.0. The number of benzene rings is 2.